The molecule has 110 valence electrons. The predicted octanol–water partition coefficient (Wildman–Crippen LogP) is 2.38. The van der Waals surface area contributed by atoms with Crippen LogP contribution in [0.3, 0.4) is 0 Å². The average molecular weight is 287 g/mol. The van der Waals surface area contributed by atoms with Gasteiger partial charge in [-0.2, -0.15) is 0 Å². The zero-order chi connectivity index (χ0) is 14.7. The third-order valence-corrected chi connectivity index (χ3v) is 3.47. The standard InChI is InChI=1S/C14H17N5O2/c1-9-8-13(19-21-9)16-14(20)11-6-7-12(18-17-11)15-10-4-2-3-5-10/h6-8,10H,2-5H2,1H3,(H,15,18)(H,16,19,20). The maximum absolute atomic E-state index is 12.0. The third kappa shape index (κ3) is 3.36. The van der Waals surface area contributed by atoms with Crippen LogP contribution in [0.15, 0.2) is 22.7 Å². The average Bonchev–Trinajstić information content (AvgIpc) is 3.12. The lowest BCUT2D eigenvalue weighted by molar-refractivity contribution is 0.102. The van der Waals surface area contributed by atoms with E-state index in [-0.39, 0.29) is 11.6 Å². The number of amides is 1. The van der Waals surface area contributed by atoms with Crippen molar-refractivity contribution in [3.63, 3.8) is 0 Å². The first kappa shape index (κ1) is 13.5. The molecule has 7 heteroatoms. The summed E-state index contributed by atoms with van der Waals surface area (Å²) in [6.45, 7) is 1.76. The summed E-state index contributed by atoms with van der Waals surface area (Å²) in [4.78, 5) is 12.0. The second-order valence-electron chi connectivity index (χ2n) is 5.21. The first-order valence-electron chi connectivity index (χ1n) is 7.05. The van der Waals surface area contributed by atoms with E-state index in [4.69, 9.17) is 4.52 Å². The van der Waals surface area contributed by atoms with Gasteiger partial charge < -0.3 is 15.2 Å². The van der Waals surface area contributed by atoms with Crippen LogP contribution >= 0.6 is 0 Å². The molecule has 0 aromatic carbocycles. The first-order chi connectivity index (χ1) is 10.2. The highest BCUT2D eigenvalue weighted by molar-refractivity contribution is 6.02. The Hall–Kier alpha value is -2.44. The molecule has 7 nitrogen and oxygen atoms in total. The van der Waals surface area contributed by atoms with Gasteiger partial charge in [-0.3, -0.25) is 4.79 Å². The fourth-order valence-electron chi connectivity index (χ4n) is 2.42. The molecule has 1 saturated carbocycles. The van der Waals surface area contributed by atoms with Crippen LogP contribution in [0.2, 0.25) is 0 Å². The Morgan fingerprint density at radius 3 is 2.67 bits per heavy atom. The molecule has 21 heavy (non-hydrogen) atoms. The third-order valence-electron chi connectivity index (χ3n) is 3.47. The van der Waals surface area contributed by atoms with Crippen molar-refractivity contribution in [1.29, 1.82) is 0 Å². The van der Waals surface area contributed by atoms with Gasteiger partial charge in [-0.15, -0.1) is 10.2 Å². The van der Waals surface area contributed by atoms with Crippen molar-refractivity contribution in [2.24, 2.45) is 0 Å². The molecule has 0 saturated heterocycles. The fourth-order valence-corrected chi connectivity index (χ4v) is 2.42. The van der Waals surface area contributed by atoms with Crippen LogP contribution in [0, 0.1) is 6.92 Å². The lowest BCUT2D eigenvalue weighted by atomic mass is 10.2. The minimum absolute atomic E-state index is 0.243. The highest BCUT2D eigenvalue weighted by Gasteiger charge is 2.16. The SMILES string of the molecule is Cc1cc(NC(=O)c2ccc(NC3CCCC3)nn2)no1. The number of anilines is 2. The van der Waals surface area contributed by atoms with E-state index in [0.717, 1.165) is 12.8 Å². The molecule has 2 aromatic heterocycles. The van der Waals surface area contributed by atoms with E-state index in [9.17, 15) is 4.79 Å². The first-order valence-corrected chi connectivity index (χ1v) is 7.05. The number of carbonyl (C=O) groups is 1. The van der Waals surface area contributed by atoms with E-state index in [1.54, 1.807) is 25.1 Å². The number of aryl methyl sites for hydroxylation is 1. The molecule has 2 aromatic rings. The highest BCUT2D eigenvalue weighted by atomic mass is 16.5. The van der Waals surface area contributed by atoms with Gasteiger partial charge >= 0.3 is 0 Å². The molecule has 1 aliphatic rings. The number of nitrogens with zero attached hydrogens (tertiary/aromatic N) is 3. The van der Waals surface area contributed by atoms with Crippen LogP contribution in [0.1, 0.15) is 41.9 Å². The lowest BCUT2D eigenvalue weighted by Gasteiger charge is -2.11. The van der Waals surface area contributed by atoms with Gasteiger partial charge in [0.1, 0.15) is 11.6 Å². The van der Waals surface area contributed by atoms with Crippen molar-refractivity contribution in [2.75, 3.05) is 10.6 Å². The van der Waals surface area contributed by atoms with Gasteiger partial charge in [0.15, 0.2) is 11.5 Å². The molecular formula is C14H17N5O2. The minimum atomic E-state index is -0.358. The Morgan fingerprint density at radius 1 is 1.24 bits per heavy atom. The molecule has 0 bridgehead atoms. The van der Waals surface area contributed by atoms with E-state index >= 15 is 0 Å². The minimum Gasteiger partial charge on any atom is -0.366 e. The monoisotopic (exact) mass is 287 g/mol. The van der Waals surface area contributed by atoms with Gasteiger partial charge in [0.2, 0.25) is 0 Å². The van der Waals surface area contributed by atoms with Crippen molar-refractivity contribution >= 4 is 17.5 Å². The summed E-state index contributed by atoms with van der Waals surface area (Å²) in [5, 5.41) is 17.6. The molecular weight excluding hydrogens is 270 g/mol. The quantitative estimate of drug-likeness (QED) is 0.896. The molecule has 3 rings (SSSR count). The van der Waals surface area contributed by atoms with Gasteiger partial charge in [-0.05, 0) is 31.9 Å². The van der Waals surface area contributed by atoms with Crippen LogP contribution in [0.5, 0.6) is 0 Å². The van der Waals surface area contributed by atoms with Crippen molar-refractivity contribution in [2.45, 2.75) is 38.6 Å². The Morgan fingerprint density at radius 2 is 2.05 bits per heavy atom. The summed E-state index contributed by atoms with van der Waals surface area (Å²) in [6.07, 6.45) is 4.83. The number of hydrogen-bond donors (Lipinski definition) is 2. The Balaban J connectivity index is 1.61. The van der Waals surface area contributed by atoms with Crippen LogP contribution in [-0.4, -0.2) is 27.3 Å². The smallest absolute Gasteiger partial charge is 0.277 e. The number of hydrogen-bond acceptors (Lipinski definition) is 6. The Kier molecular flexibility index (Phi) is 3.81. The van der Waals surface area contributed by atoms with Crippen molar-refractivity contribution in [3.05, 3.63) is 29.7 Å². The highest BCUT2D eigenvalue weighted by Crippen LogP contribution is 2.21. The number of rotatable bonds is 4. The molecule has 0 radical (unpaired) electrons. The molecule has 0 unspecified atom stereocenters. The molecule has 0 aliphatic heterocycles. The summed E-state index contributed by atoms with van der Waals surface area (Å²) < 4.78 is 4.88. The zero-order valence-corrected chi connectivity index (χ0v) is 11.8. The summed E-state index contributed by atoms with van der Waals surface area (Å²) in [5.41, 5.74) is 0.243. The second-order valence-corrected chi connectivity index (χ2v) is 5.21. The van der Waals surface area contributed by atoms with Crippen LogP contribution in [0.25, 0.3) is 0 Å². The fraction of sp³-hybridized carbons (Fsp3) is 0.429. The molecule has 2 heterocycles. The van der Waals surface area contributed by atoms with Gasteiger partial charge in [-0.1, -0.05) is 18.0 Å². The predicted molar refractivity (Wildman–Crippen MR) is 77.1 cm³/mol. The van der Waals surface area contributed by atoms with Crippen molar-refractivity contribution in [3.8, 4) is 0 Å². The number of nitrogens with one attached hydrogen (secondary N) is 2. The van der Waals surface area contributed by atoms with Gasteiger partial charge in [0.25, 0.3) is 5.91 Å². The molecule has 1 aliphatic carbocycles. The van der Waals surface area contributed by atoms with E-state index in [2.05, 4.69) is 26.0 Å². The summed E-state index contributed by atoms with van der Waals surface area (Å²) in [7, 11) is 0. The molecule has 0 spiro atoms. The Labute approximate surface area is 122 Å². The molecule has 2 N–H and O–H groups in total. The topological polar surface area (TPSA) is 92.9 Å². The molecule has 0 atom stereocenters. The largest absolute Gasteiger partial charge is 0.366 e. The van der Waals surface area contributed by atoms with Gasteiger partial charge in [-0.25, -0.2) is 0 Å². The summed E-state index contributed by atoms with van der Waals surface area (Å²) in [5.74, 6) is 1.35. The normalized spacial score (nSPS) is 15.1. The van der Waals surface area contributed by atoms with E-state index in [1.165, 1.54) is 12.8 Å². The Bertz CT molecular complexity index is 617. The van der Waals surface area contributed by atoms with Crippen molar-refractivity contribution < 1.29 is 9.32 Å². The van der Waals surface area contributed by atoms with Gasteiger partial charge in [0.05, 0.1) is 0 Å². The molecule has 1 amide bonds. The van der Waals surface area contributed by atoms with E-state index in [1.807, 2.05) is 0 Å². The van der Waals surface area contributed by atoms with Crippen LogP contribution in [-0.2, 0) is 0 Å². The number of aromatic nitrogens is 3. The zero-order valence-electron chi connectivity index (χ0n) is 11.8. The molecule has 1 fully saturated rings. The van der Waals surface area contributed by atoms with Crippen molar-refractivity contribution in [1.82, 2.24) is 15.4 Å². The summed E-state index contributed by atoms with van der Waals surface area (Å²) >= 11 is 0. The van der Waals surface area contributed by atoms with Crippen LogP contribution < -0.4 is 10.6 Å². The van der Waals surface area contributed by atoms with E-state index in [0.29, 0.717) is 23.4 Å². The lowest BCUT2D eigenvalue weighted by Crippen LogP contribution is -2.18. The maximum Gasteiger partial charge on any atom is 0.277 e. The summed E-state index contributed by atoms with van der Waals surface area (Å²) in [6, 6.07) is 5.53. The van der Waals surface area contributed by atoms with Crippen LogP contribution in [0.4, 0.5) is 11.6 Å². The van der Waals surface area contributed by atoms with Gasteiger partial charge in [0, 0.05) is 12.1 Å². The second kappa shape index (κ2) is 5.90. The number of carbonyl (C=O) groups excluding carboxylic acids is 1. The van der Waals surface area contributed by atoms with E-state index < -0.39 is 0 Å². The maximum atomic E-state index is 12.0.